The molecule has 0 aliphatic heterocycles. The Morgan fingerprint density at radius 2 is 1.55 bits per heavy atom. The van der Waals surface area contributed by atoms with Crippen LogP contribution in [0.4, 0.5) is 4.79 Å². The van der Waals surface area contributed by atoms with Crippen LogP contribution in [0.5, 0.6) is 0 Å². The Balaban J connectivity index is 5.42. The molecule has 1 amide bonds. The zero-order valence-corrected chi connectivity index (χ0v) is 14.0. The number of carboxylic acids is 1. The van der Waals surface area contributed by atoms with E-state index < -0.39 is 29.2 Å². The maximum atomic E-state index is 12.4. The van der Waals surface area contributed by atoms with Crippen LogP contribution in [0.1, 0.15) is 61.8 Å². The quantitative estimate of drug-likeness (QED) is 0.859. The third-order valence-corrected chi connectivity index (χ3v) is 2.60. The molecular weight excluding hydrogens is 258 g/mol. The van der Waals surface area contributed by atoms with Gasteiger partial charge in [0.2, 0.25) is 0 Å². The molecule has 0 aliphatic rings. The van der Waals surface area contributed by atoms with Gasteiger partial charge in [-0.25, -0.2) is 9.59 Å². The number of carboxylic acid groups (broad SMARTS) is 1. The number of rotatable bonds is 4. The molecule has 1 N–H and O–H groups in total. The molecule has 0 bridgehead atoms. The summed E-state index contributed by atoms with van der Waals surface area (Å²) in [4.78, 5) is 25.3. The summed E-state index contributed by atoms with van der Waals surface area (Å²) >= 11 is 0. The first-order valence-electron chi connectivity index (χ1n) is 7.01. The molecular formula is C15H29NO4. The van der Waals surface area contributed by atoms with E-state index in [0.29, 0.717) is 6.42 Å². The summed E-state index contributed by atoms with van der Waals surface area (Å²) in [7, 11) is 0. The molecule has 0 saturated carbocycles. The van der Waals surface area contributed by atoms with Crippen molar-refractivity contribution in [2.24, 2.45) is 5.92 Å². The second-order valence-electron chi connectivity index (χ2n) is 7.50. The van der Waals surface area contributed by atoms with Crippen LogP contribution in [0, 0.1) is 5.92 Å². The third-order valence-electron chi connectivity index (χ3n) is 2.60. The molecule has 0 aliphatic carbocycles. The number of hydrogen-bond donors (Lipinski definition) is 1. The fourth-order valence-electron chi connectivity index (χ4n) is 1.94. The number of carbonyl (C=O) groups excluding carboxylic acids is 1. The number of ether oxygens (including phenoxy) is 1. The molecule has 0 aromatic heterocycles. The highest BCUT2D eigenvalue weighted by Gasteiger charge is 2.40. The lowest BCUT2D eigenvalue weighted by atomic mass is 9.97. The van der Waals surface area contributed by atoms with Gasteiger partial charge in [0.05, 0.1) is 0 Å². The zero-order valence-electron chi connectivity index (χ0n) is 14.0. The molecule has 0 saturated heterocycles. The van der Waals surface area contributed by atoms with E-state index in [1.54, 1.807) is 20.8 Å². The van der Waals surface area contributed by atoms with Gasteiger partial charge in [0.1, 0.15) is 11.6 Å². The Labute approximate surface area is 122 Å². The predicted molar refractivity (Wildman–Crippen MR) is 78.7 cm³/mol. The van der Waals surface area contributed by atoms with Gasteiger partial charge < -0.3 is 9.84 Å². The first-order valence-corrected chi connectivity index (χ1v) is 7.01. The molecule has 5 heteroatoms. The summed E-state index contributed by atoms with van der Waals surface area (Å²) in [6.07, 6.45) is -0.190. The number of amides is 1. The predicted octanol–water partition coefficient (Wildman–Crippen LogP) is 3.52. The molecule has 1 unspecified atom stereocenters. The van der Waals surface area contributed by atoms with Crippen molar-refractivity contribution >= 4 is 12.1 Å². The van der Waals surface area contributed by atoms with Crippen molar-refractivity contribution in [3.63, 3.8) is 0 Å². The SMILES string of the molecule is CC(C)CC(C(=O)O)N(C(=O)OC(C)(C)C)C(C)(C)C. The minimum absolute atomic E-state index is 0.170. The van der Waals surface area contributed by atoms with Crippen LogP contribution in [-0.2, 0) is 9.53 Å². The van der Waals surface area contributed by atoms with Crippen molar-refractivity contribution in [1.29, 1.82) is 0 Å². The fraction of sp³-hybridized carbons (Fsp3) is 0.867. The third kappa shape index (κ3) is 6.26. The van der Waals surface area contributed by atoms with E-state index >= 15 is 0 Å². The standard InChI is InChI=1S/C15H29NO4/c1-10(2)9-11(12(17)18)16(14(3,4)5)13(19)20-15(6,7)8/h10-11H,9H2,1-8H3,(H,17,18). The molecule has 5 nitrogen and oxygen atoms in total. The van der Waals surface area contributed by atoms with Crippen molar-refractivity contribution < 1.29 is 19.4 Å². The van der Waals surface area contributed by atoms with Gasteiger partial charge in [0, 0.05) is 5.54 Å². The van der Waals surface area contributed by atoms with E-state index in [-0.39, 0.29) is 5.92 Å². The summed E-state index contributed by atoms with van der Waals surface area (Å²) in [6.45, 7) is 14.6. The second-order valence-corrected chi connectivity index (χ2v) is 7.50. The Hall–Kier alpha value is -1.26. The van der Waals surface area contributed by atoms with E-state index in [0.717, 1.165) is 0 Å². The Morgan fingerprint density at radius 1 is 1.10 bits per heavy atom. The van der Waals surface area contributed by atoms with Crippen LogP contribution < -0.4 is 0 Å². The van der Waals surface area contributed by atoms with E-state index in [4.69, 9.17) is 4.74 Å². The van der Waals surface area contributed by atoms with Gasteiger partial charge in [-0.05, 0) is 53.9 Å². The van der Waals surface area contributed by atoms with Crippen LogP contribution in [0.2, 0.25) is 0 Å². The molecule has 1 atom stereocenters. The van der Waals surface area contributed by atoms with E-state index in [9.17, 15) is 14.7 Å². The summed E-state index contributed by atoms with van der Waals surface area (Å²) in [5.74, 6) is -0.831. The fourth-order valence-corrected chi connectivity index (χ4v) is 1.94. The summed E-state index contributed by atoms with van der Waals surface area (Å²) in [6, 6.07) is -0.884. The largest absolute Gasteiger partial charge is 0.480 e. The second kappa shape index (κ2) is 6.46. The summed E-state index contributed by atoms with van der Waals surface area (Å²) in [5, 5.41) is 9.45. The maximum Gasteiger partial charge on any atom is 0.411 e. The number of aliphatic carboxylic acids is 1. The van der Waals surface area contributed by atoms with E-state index in [2.05, 4.69) is 0 Å². The van der Waals surface area contributed by atoms with Crippen LogP contribution in [0.3, 0.4) is 0 Å². The van der Waals surface area contributed by atoms with Crippen molar-refractivity contribution in [3.05, 3.63) is 0 Å². The summed E-state index contributed by atoms with van der Waals surface area (Å²) < 4.78 is 5.36. The topological polar surface area (TPSA) is 66.8 Å². The average Bonchev–Trinajstić information content (AvgIpc) is 2.09. The maximum absolute atomic E-state index is 12.4. The van der Waals surface area contributed by atoms with Gasteiger partial charge in [-0.15, -0.1) is 0 Å². The normalized spacial score (nSPS) is 14.1. The lowest BCUT2D eigenvalue weighted by Gasteiger charge is -2.40. The van der Waals surface area contributed by atoms with Crippen molar-refractivity contribution in [2.75, 3.05) is 0 Å². The Bertz CT molecular complexity index is 350. The van der Waals surface area contributed by atoms with Crippen molar-refractivity contribution in [2.45, 2.75) is 79.0 Å². The number of hydrogen-bond acceptors (Lipinski definition) is 3. The molecule has 0 fully saturated rings. The lowest BCUT2D eigenvalue weighted by Crippen LogP contribution is -2.56. The molecule has 20 heavy (non-hydrogen) atoms. The highest BCUT2D eigenvalue weighted by atomic mass is 16.6. The zero-order chi connectivity index (χ0) is 16.3. The highest BCUT2D eigenvalue weighted by Crippen LogP contribution is 2.25. The van der Waals surface area contributed by atoms with Gasteiger partial charge in [-0.2, -0.15) is 0 Å². The van der Waals surface area contributed by atoms with Gasteiger partial charge in [0.25, 0.3) is 0 Å². The average molecular weight is 287 g/mol. The molecule has 0 aromatic carbocycles. The van der Waals surface area contributed by atoms with Crippen molar-refractivity contribution in [1.82, 2.24) is 4.90 Å². The molecule has 0 heterocycles. The Morgan fingerprint density at radius 3 is 1.80 bits per heavy atom. The van der Waals surface area contributed by atoms with Gasteiger partial charge in [-0.3, -0.25) is 4.90 Å². The first-order chi connectivity index (χ1) is 8.75. The lowest BCUT2D eigenvalue weighted by molar-refractivity contribution is -0.146. The first kappa shape index (κ1) is 18.7. The molecule has 0 radical (unpaired) electrons. The minimum atomic E-state index is -1.00. The summed E-state index contributed by atoms with van der Waals surface area (Å²) in [5.41, 5.74) is -1.28. The smallest absolute Gasteiger partial charge is 0.411 e. The number of carbonyl (C=O) groups is 2. The van der Waals surface area contributed by atoms with Gasteiger partial charge >= 0.3 is 12.1 Å². The van der Waals surface area contributed by atoms with Crippen LogP contribution >= 0.6 is 0 Å². The molecule has 0 spiro atoms. The number of nitrogens with zero attached hydrogens (tertiary/aromatic N) is 1. The highest BCUT2D eigenvalue weighted by molar-refractivity contribution is 5.80. The Kier molecular flexibility index (Phi) is 6.05. The van der Waals surface area contributed by atoms with Gasteiger partial charge in [0.15, 0.2) is 0 Å². The molecule has 118 valence electrons. The van der Waals surface area contributed by atoms with Crippen LogP contribution in [-0.4, -0.2) is 39.3 Å². The van der Waals surface area contributed by atoms with Crippen LogP contribution in [0.15, 0.2) is 0 Å². The van der Waals surface area contributed by atoms with E-state index in [1.807, 2.05) is 34.6 Å². The van der Waals surface area contributed by atoms with E-state index in [1.165, 1.54) is 4.90 Å². The van der Waals surface area contributed by atoms with Crippen molar-refractivity contribution in [3.8, 4) is 0 Å². The molecule has 0 aromatic rings. The minimum Gasteiger partial charge on any atom is -0.480 e. The molecule has 0 rings (SSSR count). The van der Waals surface area contributed by atoms with Crippen LogP contribution in [0.25, 0.3) is 0 Å². The monoisotopic (exact) mass is 287 g/mol. The van der Waals surface area contributed by atoms with Gasteiger partial charge in [-0.1, -0.05) is 13.8 Å².